The molecule has 7 heteroatoms. The number of aromatic nitrogens is 1. The fourth-order valence-corrected chi connectivity index (χ4v) is 4.76. The zero-order valence-corrected chi connectivity index (χ0v) is 20.4. The van der Waals surface area contributed by atoms with Crippen molar-refractivity contribution in [2.45, 2.75) is 63.6 Å². The summed E-state index contributed by atoms with van der Waals surface area (Å²) in [7, 11) is 3.10. The number of aliphatic hydroxyl groups is 1. The third-order valence-corrected chi connectivity index (χ3v) is 6.68. The lowest BCUT2D eigenvalue weighted by Gasteiger charge is -2.39. The zero-order chi connectivity index (χ0) is 25.5. The summed E-state index contributed by atoms with van der Waals surface area (Å²) >= 11 is 0. The topological polar surface area (TPSA) is 58.2 Å². The molecule has 1 unspecified atom stereocenters. The molecule has 34 heavy (non-hydrogen) atoms. The molecule has 182 valence electrons. The molecule has 0 saturated heterocycles. The summed E-state index contributed by atoms with van der Waals surface area (Å²) in [4.78, 5) is 0. The summed E-state index contributed by atoms with van der Waals surface area (Å²) in [5.74, 6) is 0.650. The maximum absolute atomic E-state index is 14.5. The van der Waals surface area contributed by atoms with E-state index in [4.69, 9.17) is 4.74 Å². The number of para-hydroxylation sites is 1. The molecule has 0 bridgehead atoms. The second-order valence-electron chi connectivity index (χ2n) is 9.89. The number of methoxy groups -OCH3 is 1. The van der Waals surface area contributed by atoms with E-state index in [9.17, 15) is 23.5 Å². The maximum Gasteiger partial charge on any atom is 0.417 e. The van der Waals surface area contributed by atoms with Crippen LogP contribution >= 0.6 is 0 Å². The standard InChI is InChI=1S/C27H31F3N2O2/c1-17(2)18-11-12-24(34-6)21(13-18)25(3,4)16-26(33,27(28,29)30)14-23-20(15-31)19-9-7-8-10-22(19)32(23)5/h7-13,17,33H,14,16H2,1-6H3. The molecule has 1 atom stereocenters. The van der Waals surface area contributed by atoms with Crippen LogP contribution in [0.2, 0.25) is 0 Å². The van der Waals surface area contributed by atoms with Crippen molar-refractivity contribution in [3.63, 3.8) is 0 Å². The first-order chi connectivity index (χ1) is 15.8. The van der Waals surface area contributed by atoms with Crippen molar-refractivity contribution in [3.8, 4) is 11.8 Å². The minimum absolute atomic E-state index is 0.151. The molecule has 0 spiro atoms. The van der Waals surface area contributed by atoms with Gasteiger partial charge in [0.2, 0.25) is 0 Å². The van der Waals surface area contributed by atoms with Crippen LogP contribution in [0.25, 0.3) is 10.9 Å². The summed E-state index contributed by atoms with van der Waals surface area (Å²) in [6, 6.07) is 14.5. The monoisotopic (exact) mass is 472 g/mol. The van der Waals surface area contributed by atoms with Crippen molar-refractivity contribution in [1.29, 1.82) is 5.26 Å². The van der Waals surface area contributed by atoms with Gasteiger partial charge in [-0.2, -0.15) is 18.4 Å². The summed E-state index contributed by atoms with van der Waals surface area (Å²) < 4.78 is 50.5. The van der Waals surface area contributed by atoms with Crippen LogP contribution < -0.4 is 4.74 Å². The van der Waals surface area contributed by atoms with Crippen LogP contribution in [0.5, 0.6) is 5.75 Å². The second kappa shape index (κ2) is 8.99. The van der Waals surface area contributed by atoms with Gasteiger partial charge in [-0.05, 0) is 35.4 Å². The van der Waals surface area contributed by atoms with Crippen LogP contribution in [0.3, 0.4) is 0 Å². The largest absolute Gasteiger partial charge is 0.496 e. The third-order valence-electron chi connectivity index (χ3n) is 6.68. The fraction of sp³-hybridized carbons (Fsp3) is 0.444. The van der Waals surface area contributed by atoms with E-state index < -0.39 is 30.0 Å². The lowest BCUT2D eigenvalue weighted by Crippen LogP contribution is -2.51. The highest BCUT2D eigenvalue weighted by Gasteiger charge is 2.56. The first kappa shape index (κ1) is 25.6. The number of fused-ring (bicyclic) bond motifs is 1. The third kappa shape index (κ3) is 4.52. The summed E-state index contributed by atoms with van der Waals surface area (Å²) in [5, 5.41) is 21.5. The van der Waals surface area contributed by atoms with E-state index in [0.717, 1.165) is 5.56 Å². The van der Waals surface area contributed by atoms with Crippen LogP contribution in [0.1, 0.15) is 62.4 Å². The highest BCUT2D eigenvalue weighted by Crippen LogP contribution is 2.46. The number of alkyl halides is 3. The SMILES string of the molecule is COc1ccc(C(C)C)cc1C(C)(C)CC(O)(Cc1c(C#N)c2ccccc2n1C)C(F)(F)F. The molecule has 0 amide bonds. The van der Waals surface area contributed by atoms with Crippen LogP contribution in [-0.2, 0) is 18.9 Å². The quantitative estimate of drug-likeness (QED) is 0.434. The molecule has 0 aliphatic heterocycles. The second-order valence-corrected chi connectivity index (χ2v) is 9.89. The molecule has 1 N–H and O–H groups in total. The summed E-state index contributed by atoms with van der Waals surface area (Å²) in [6.45, 7) is 7.37. The molecule has 3 rings (SSSR count). The van der Waals surface area contributed by atoms with Gasteiger partial charge in [0.15, 0.2) is 5.60 Å². The molecule has 0 saturated carbocycles. The average Bonchev–Trinajstić information content (AvgIpc) is 3.03. The van der Waals surface area contributed by atoms with Gasteiger partial charge in [0.1, 0.15) is 11.8 Å². The number of ether oxygens (including phenoxy) is 1. The highest BCUT2D eigenvalue weighted by atomic mass is 19.4. The first-order valence-corrected chi connectivity index (χ1v) is 11.2. The predicted molar refractivity (Wildman–Crippen MR) is 127 cm³/mol. The molecule has 3 aromatic rings. The molecular weight excluding hydrogens is 441 g/mol. The minimum atomic E-state index is -4.92. The Balaban J connectivity index is 2.12. The van der Waals surface area contributed by atoms with Gasteiger partial charge >= 0.3 is 6.18 Å². The Bertz CT molecular complexity index is 1240. The van der Waals surface area contributed by atoms with Gasteiger partial charge in [-0.25, -0.2) is 0 Å². The van der Waals surface area contributed by atoms with Gasteiger partial charge in [0, 0.05) is 35.6 Å². The van der Waals surface area contributed by atoms with Gasteiger partial charge in [-0.15, -0.1) is 0 Å². The maximum atomic E-state index is 14.5. The Morgan fingerprint density at radius 1 is 1.12 bits per heavy atom. The van der Waals surface area contributed by atoms with E-state index in [-0.39, 0.29) is 17.2 Å². The number of rotatable bonds is 7. The lowest BCUT2D eigenvalue weighted by atomic mass is 9.72. The summed E-state index contributed by atoms with van der Waals surface area (Å²) in [5.41, 5.74) is -1.63. The van der Waals surface area contributed by atoms with Gasteiger partial charge in [-0.1, -0.05) is 58.0 Å². The van der Waals surface area contributed by atoms with Crippen molar-refractivity contribution < 1.29 is 23.0 Å². The van der Waals surface area contributed by atoms with E-state index in [2.05, 4.69) is 0 Å². The Morgan fingerprint density at radius 2 is 1.76 bits per heavy atom. The number of benzene rings is 2. The van der Waals surface area contributed by atoms with Crippen LogP contribution in [0.15, 0.2) is 42.5 Å². The Hall–Kier alpha value is -2.98. The summed E-state index contributed by atoms with van der Waals surface area (Å²) in [6.07, 6.45) is -6.26. The Morgan fingerprint density at radius 3 is 2.32 bits per heavy atom. The van der Waals surface area contributed by atoms with Crippen LogP contribution in [0.4, 0.5) is 13.2 Å². The number of halogens is 3. The average molecular weight is 473 g/mol. The fourth-order valence-electron chi connectivity index (χ4n) is 4.76. The number of hydrogen-bond acceptors (Lipinski definition) is 3. The molecule has 4 nitrogen and oxygen atoms in total. The molecule has 0 radical (unpaired) electrons. The zero-order valence-electron chi connectivity index (χ0n) is 20.4. The van der Waals surface area contributed by atoms with E-state index in [1.165, 1.54) is 7.11 Å². The van der Waals surface area contributed by atoms with Crippen LogP contribution in [0, 0.1) is 11.3 Å². The van der Waals surface area contributed by atoms with Crippen molar-refractivity contribution in [3.05, 3.63) is 64.8 Å². The molecule has 0 aliphatic carbocycles. The van der Waals surface area contributed by atoms with Gasteiger partial charge in [-0.3, -0.25) is 0 Å². The van der Waals surface area contributed by atoms with Crippen molar-refractivity contribution in [1.82, 2.24) is 4.57 Å². The van der Waals surface area contributed by atoms with E-state index in [1.807, 2.05) is 32.0 Å². The number of aryl methyl sites for hydroxylation is 1. The molecule has 0 aliphatic rings. The molecule has 2 aromatic carbocycles. The van der Waals surface area contributed by atoms with Gasteiger partial charge < -0.3 is 14.4 Å². The smallest absolute Gasteiger partial charge is 0.417 e. The lowest BCUT2D eigenvalue weighted by molar-refractivity contribution is -0.266. The minimum Gasteiger partial charge on any atom is -0.496 e. The van der Waals surface area contributed by atoms with Crippen molar-refractivity contribution in [2.75, 3.05) is 7.11 Å². The predicted octanol–water partition coefficient (Wildman–Crippen LogP) is 6.39. The van der Waals surface area contributed by atoms with Crippen molar-refractivity contribution >= 4 is 10.9 Å². The van der Waals surface area contributed by atoms with Crippen molar-refractivity contribution in [2.24, 2.45) is 7.05 Å². The molecule has 0 fully saturated rings. The molecule has 1 heterocycles. The Labute approximate surface area is 198 Å². The number of nitrogens with zero attached hydrogens (tertiary/aromatic N) is 2. The number of nitriles is 1. The molecule has 1 aromatic heterocycles. The van der Waals surface area contributed by atoms with E-state index >= 15 is 0 Å². The Kier molecular flexibility index (Phi) is 6.78. The number of hydrogen-bond donors (Lipinski definition) is 1. The first-order valence-electron chi connectivity index (χ1n) is 11.2. The van der Waals surface area contributed by atoms with Gasteiger partial charge in [0.25, 0.3) is 0 Å². The van der Waals surface area contributed by atoms with E-state index in [1.54, 1.807) is 55.8 Å². The van der Waals surface area contributed by atoms with Crippen LogP contribution in [-0.4, -0.2) is 28.6 Å². The molecular formula is C27H31F3N2O2. The normalized spacial score (nSPS) is 14.3. The van der Waals surface area contributed by atoms with Gasteiger partial charge in [0.05, 0.1) is 12.7 Å². The highest BCUT2D eigenvalue weighted by molar-refractivity contribution is 5.88. The van der Waals surface area contributed by atoms with E-state index in [0.29, 0.717) is 22.2 Å².